The van der Waals surface area contributed by atoms with Gasteiger partial charge < -0.3 is 0 Å². The maximum atomic E-state index is 11.1. The third-order valence-corrected chi connectivity index (χ3v) is 4.62. The molecular weight excluding hydrogens is 348 g/mol. The highest BCUT2D eigenvalue weighted by Crippen LogP contribution is 2.19. The van der Waals surface area contributed by atoms with Gasteiger partial charge in [0.2, 0.25) is 10.0 Å². The number of anilines is 1. The molecule has 3 aromatic heterocycles. The average Bonchev–Trinajstić information content (AvgIpc) is 3.01. The van der Waals surface area contributed by atoms with E-state index in [9.17, 15) is 8.42 Å². The van der Waals surface area contributed by atoms with Gasteiger partial charge in [-0.3, -0.25) is 9.83 Å². The van der Waals surface area contributed by atoms with E-state index in [-0.39, 0.29) is 4.90 Å². The lowest BCUT2D eigenvalue weighted by Crippen LogP contribution is -2.12. The van der Waals surface area contributed by atoms with Crippen LogP contribution in [0.3, 0.4) is 0 Å². The average molecular weight is 357 g/mol. The van der Waals surface area contributed by atoms with Gasteiger partial charge >= 0.3 is 0 Å². The van der Waals surface area contributed by atoms with Crippen molar-refractivity contribution in [3.63, 3.8) is 0 Å². The molecule has 3 heterocycles. The number of fused-ring (bicyclic) bond motifs is 1. The Morgan fingerprint density at radius 3 is 2.95 bits per heavy atom. The monoisotopic (exact) mass is 356 g/mol. The van der Waals surface area contributed by atoms with E-state index in [2.05, 4.69) is 20.5 Å². The molecule has 3 rings (SSSR count). The van der Waals surface area contributed by atoms with Gasteiger partial charge in [0.15, 0.2) is 10.1 Å². The Balaban J connectivity index is 1.77. The first-order chi connectivity index (χ1) is 10.4. The lowest BCUT2D eigenvalue weighted by Gasteiger charge is -2.00. The summed E-state index contributed by atoms with van der Waals surface area (Å²) in [6.07, 6.45) is 4.49. The first-order valence-electron chi connectivity index (χ1n) is 5.84. The molecule has 8 nitrogen and oxygen atoms in total. The number of nitrogens with one attached hydrogen (secondary N) is 1. The first-order valence-corrected chi connectivity index (χ1v) is 8.64. The summed E-state index contributed by atoms with van der Waals surface area (Å²) in [7, 11) is -3.76. The summed E-state index contributed by atoms with van der Waals surface area (Å²) in [4.78, 5) is 8.77. The Labute approximate surface area is 134 Å². The van der Waals surface area contributed by atoms with Crippen LogP contribution in [0, 0.1) is 0 Å². The van der Waals surface area contributed by atoms with Gasteiger partial charge in [-0.15, -0.1) is 11.3 Å². The van der Waals surface area contributed by atoms with Crippen LogP contribution in [0.1, 0.15) is 5.69 Å². The number of thiazole rings is 1. The number of pyridine rings is 1. The number of hydrogen-bond acceptors (Lipinski definition) is 7. The molecule has 11 heteroatoms. The van der Waals surface area contributed by atoms with Crippen LogP contribution in [0.15, 0.2) is 39.9 Å². The number of hydrazone groups is 1. The van der Waals surface area contributed by atoms with Gasteiger partial charge in [-0.2, -0.15) is 5.10 Å². The van der Waals surface area contributed by atoms with Crippen molar-refractivity contribution < 1.29 is 8.42 Å². The zero-order valence-electron chi connectivity index (χ0n) is 10.8. The molecule has 0 saturated carbocycles. The van der Waals surface area contributed by atoms with Gasteiger partial charge in [0, 0.05) is 17.8 Å². The molecule has 0 spiro atoms. The molecule has 0 bridgehead atoms. The van der Waals surface area contributed by atoms with Crippen LogP contribution < -0.4 is 10.6 Å². The number of nitrogens with zero attached hydrogens (tertiary/aromatic N) is 4. The zero-order chi connectivity index (χ0) is 15.7. The predicted molar refractivity (Wildman–Crippen MR) is 84.9 cm³/mol. The van der Waals surface area contributed by atoms with Crippen molar-refractivity contribution in [3.05, 3.63) is 40.8 Å². The Morgan fingerprint density at radius 1 is 1.45 bits per heavy atom. The van der Waals surface area contributed by atoms with Crippen molar-refractivity contribution in [2.75, 3.05) is 5.43 Å². The van der Waals surface area contributed by atoms with Crippen molar-refractivity contribution in [1.29, 1.82) is 0 Å². The summed E-state index contributed by atoms with van der Waals surface area (Å²) in [5, 5.41) is 11.2. The van der Waals surface area contributed by atoms with Crippen LogP contribution in [0.25, 0.3) is 4.96 Å². The number of halogens is 1. The molecule has 3 aromatic rings. The molecule has 0 saturated heterocycles. The molecule has 3 N–H and O–H groups in total. The minimum atomic E-state index is -3.76. The zero-order valence-corrected chi connectivity index (χ0v) is 13.2. The fraction of sp³-hybridized carbons (Fsp3) is 0. The van der Waals surface area contributed by atoms with Crippen molar-refractivity contribution in [1.82, 2.24) is 14.4 Å². The van der Waals surface area contributed by atoms with Crippen LogP contribution in [0.4, 0.5) is 5.82 Å². The third-order valence-electron chi connectivity index (χ3n) is 2.68. The van der Waals surface area contributed by atoms with E-state index in [1.807, 2.05) is 11.6 Å². The topological polar surface area (TPSA) is 115 Å². The molecule has 114 valence electrons. The number of hydrogen-bond donors (Lipinski definition) is 2. The van der Waals surface area contributed by atoms with Crippen LogP contribution in [0.5, 0.6) is 0 Å². The van der Waals surface area contributed by atoms with Crippen molar-refractivity contribution in [3.8, 4) is 0 Å². The van der Waals surface area contributed by atoms with Crippen LogP contribution in [-0.4, -0.2) is 29.0 Å². The summed E-state index contributed by atoms with van der Waals surface area (Å²) in [6.45, 7) is 0. The second-order valence-corrected chi connectivity index (χ2v) is 6.93. The largest absolute Gasteiger partial charge is 0.288 e. The fourth-order valence-electron chi connectivity index (χ4n) is 1.67. The lowest BCUT2D eigenvalue weighted by atomic mass is 10.5. The van der Waals surface area contributed by atoms with Crippen molar-refractivity contribution >= 4 is 50.0 Å². The number of sulfonamides is 1. The predicted octanol–water partition coefficient (Wildman–Crippen LogP) is 1.54. The molecule has 0 aliphatic heterocycles. The Morgan fingerprint density at radius 2 is 2.27 bits per heavy atom. The second kappa shape index (κ2) is 5.65. The molecule has 0 radical (unpaired) electrons. The highest BCUT2D eigenvalue weighted by atomic mass is 35.5. The number of primary sulfonamides is 1. The molecule has 0 amide bonds. The smallest absolute Gasteiger partial charge is 0.239 e. The van der Waals surface area contributed by atoms with E-state index in [0.717, 1.165) is 11.2 Å². The summed E-state index contributed by atoms with van der Waals surface area (Å²) in [5.41, 5.74) is 3.30. The summed E-state index contributed by atoms with van der Waals surface area (Å²) in [6, 6.07) is 2.79. The van der Waals surface area contributed by atoms with Gasteiger partial charge in [0.1, 0.15) is 16.4 Å². The number of aromatic nitrogens is 3. The molecule has 22 heavy (non-hydrogen) atoms. The molecule has 0 unspecified atom stereocenters. The van der Waals surface area contributed by atoms with Gasteiger partial charge in [-0.25, -0.2) is 23.5 Å². The second-order valence-electron chi connectivity index (χ2n) is 4.14. The quantitative estimate of drug-likeness (QED) is 0.543. The van der Waals surface area contributed by atoms with Gasteiger partial charge in [-0.1, -0.05) is 11.6 Å². The van der Waals surface area contributed by atoms with Crippen LogP contribution in [0.2, 0.25) is 5.15 Å². The molecule has 0 atom stereocenters. The maximum Gasteiger partial charge on any atom is 0.239 e. The van der Waals surface area contributed by atoms with E-state index >= 15 is 0 Å². The van der Waals surface area contributed by atoms with Gasteiger partial charge in [-0.05, 0) is 12.1 Å². The highest BCUT2D eigenvalue weighted by molar-refractivity contribution is 7.89. The molecule has 0 fully saturated rings. The van der Waals surface area contributed by atoms with Crippen LogP contribution >= 0.6 is 22.9 Å². The van der Waals surface area contributed by atoms with Crippen molar-refractivity contribution in [2.45, 2.75) is 4.90 Å². The molecule has 0 aromatic carbocycles. The fourth-order valence-corrected chi connectivity index (χ4v) is 3.12. The Kier molecular flexibility index (Phi) is 3.83. The number of rotatable bonds is 4. The normalized spacial score (nSPS) is 12.3. The van der Waals surface area contributed by atoms with E-state index < -0.39 is 10.0 Å². The third kappa shape index (κ3) is 2.95. The Bertz CT molecular complexity index is 945. The minimum Gasteiger partial charge on any atom is -0.288 e. The standard InChI is InChI=1S/C11H9ClN6O2S2/c12-10-8(18-3-4-21-11(18)16-10)6-15-17-9-2-1-7(5-14-9)22(13,19)20/h1-6H,(H,14,17)(H2,13,19,20)/b15-6+. The van der Waals surface area contributed by atoms with Crippen molar-refractivity contribution in [2.24, 2.45) is 10.2 Å². The van der Waals surface area contributed by atoms with E-state index in [4.69, 9.17) is 16.7 Å². The lowest BCUT2D eigenvalue weighted by molar-refractivity contribution is 0.597. The minimum absolute atomic E-state index is 0.0687. The van der Waals surface area contributed by atoms with Crippen LogP contribution in [-0.2, 0) is 10.0 Å². The van der Waals surface area contributed by atoms with E-state index in [1.54, 1.807) is 4.40 Å². The summed E-state index contributed by atoms with van der Waals surface area (Å²) in [5.74, 6) is 0.367. The van der Waals surface area contributed by atoms with E-state index in [1.165, 1.54) is 29.7 Å². The van der Waals surface area contributed by atoms with E-state index in [0.29, 0.717) is 16.7 Å². The molecule has 0 aliphatic carbocycles. The SMILES string of the molecule is NS(=O)(=O)c1ccc(N/N=C/c2c(Cl)nc3sccn23)nc1. The number of nitrogens with two attached hydrogens (primary N) is 1. The van der Waals surface area contributed by atoms with Gasteiger partial charge in [0.05, 0.1) is 6.21 Å². The number of imidazole rings is 1. The molecular formula is C11H9ClN6O2S2. The summed E-state index contributed by atoms with van der Waals surface area (Å²) >= 11 is 7.48. The Hall–Kier alpha value is -2.01. The maximum absolute atomic E-state index is 11.1. The van der Waals surface area contributed by atoms with Gasteiger partial charge in [0.25, 0.3) is 0 Å². The summed E-state index contributed by atoms with van der Waals surface area (Å²) < 4.78 is 24.0. The highest BCUT2D eigenvalue weighted by Gasteiger charge is 2.09. The first kappa shape index (κ1) is 14.9. The molecule has 0 aliphatic rings.